The van der Waals surface area contributed by atoms with E-state index in [0.717, 1.165) is 36.5 Å². The summed E-state index contributed by atoms with van der Waals surface area (Å²) >= 11 is 0. The summed E-state index contributed by atoms with van der Waals surface area (Å²) in [4.78, 5) is 22.8. The molecule has 0 saturated carbocycles. The van der Waals surface area contributed by atoms with Gasteiger partial charge in [0, 0.05) is 30.5 Å². The Morgan fingerprint density at radius 2 is 2.30 bits per heavy atom. The average Bonchev–Trinajstić information content (AvgIpc) is 2.44. The van der Waals surface area contributed by atoms with Crippen LogP contribution in [0.2, 0.25) is 0 Å². The molecule has 5 heteroatoms. The molecule has 0 saturated heterocycles. The van der Waals surface area contributed by atoms with Crippen molar-refractivity contribution >= 4 is 0 Å². The summed E-state index contributed by atoms with van der Waals surface area (Å²) < 4.78 is 0. The van der Waals surface area contributed by atoms with Crippen molar-refractivity contribution in [1.82, 2.24) is 20.3 Å². The summed E-state index contributed by atoms with van der Waals surface area (Å²) in [5.74, 6) is 0.790. The SMILES string of the molecule is Cc1nccc(CNC2CCCc3[nH]c(=O)ccc32)n1. The standard InChI is InChI=1S/C15H18N4O/c1-10-16-8-7-11(18-10)9-17-13-3-2-4-14-12(13)5-6-15(20)19-14/h5-8,13,17H,2-4,9H2,1H3,(H,19,20). The second-order valence-corrected chi connectivity index (χ2v) is 5.18. The van der Waals surface area contributed by atoms with Gasteiger partial charge in [-0.05, 0) is 37.8 Å². The van der Waals surface area contributed by atoms with Crippen LogP contribution in [-0.2, 0) is 13.0 Å². The zero-order chi connectivity index (χ0) is 13.9. The molecule has 2 heterocycles. The molecule has 1 aliphatic carbocycles. The molecule has 1 aliphatic rings. The molecule has 2 aromatic rings. The molecule has 3 rings (SSSR count). The average molecular weight is 270 g/mol. The first kappa shape index (κ1) is 13.0. The zero-order valence-corrected chi connectivity index (χ0v) is 11.5. The molecular weight excluding hydrogens is 252 g/mol. The number of fused-ring (bicyclic) bond motifs is 1. The molecule has 0 spiro atoms. The Morgan fingerprint density at radius 1 is 1.40 bits per heavy atom. The maximum Gasteiger partial charge on any atom is 0.248 e. The van der Waals surface area contributed by atoms with Crippen LogP contribution in [0.5, 0.6) is 0 Å². The normalized spacial score (nSPS) is 17.8. The molecule has 0 aliphatic heterocycles. The molecule has 0 bridgehead atoms. The number of hydrogen-bond acceptors (Lipinski definition) is 4. The van der Waals surface area contributed by atoms with Crippen molar-refractivity contribution < 1.29 is 0 Å². The van der Waals surface area contributed by atoms with E-state index in [2.05, 4.69) is 20.3 Å². The van der Waals surface area contributed by atoms with Gasteiger partial charge in [0.1, 0.15) is 5.82 Å². The lowest BCUT2D eigenvalue weighted by Crippen LogP contribution is -2.27. The van der Waals surface area contributed by atoms with E-state index in [0.29, 0.717) is 6.54 Å². The highest BCUT2D eigenvalue weighted by Gasteiger charge is 2.20. The number of H-pyrrole nitrogens is 1. The van der Waals surface area contributed by atoms with Crippen molar-refractivity contribution in [1.29, 1.82) is 0 Å². The third-order valence-electron chi connectivity index (χ3n) is 3.70. The van der Waals surface area contributed by atoms with E-state index in [4.69, 9.17) is 0 Å². The van der Waals surface area contributed by atoms with Crippen molar-refractivity contribution in [2.45, 2.75) is 38.8 Å². The highest BCUT2D eigenvalue weighted by atomic mass is 16.1. The topological polar surface area (TPSA) is 70.7 Å². The van der Waals surface area contributed by atoms with E-state index in [-0.39, 0.29) is 11.6 Å². The minimum Gasteiger partial charge on any atom is -0.326 e. The molecule has 1 atom stereocenters. The van der Waals surface area contributed by atoms with Crippen molar-refractivity contribution in [2.24, 2.45) is 0 Å². The number of nitrogens with one attached hydrogen (secondary N) is 2. The van der Waals surface area contributed by atoms with Gasteiger partial charge in [0.2, 0.25) is 5.56 Å². The number of aryl methyl sites for hydroxylation is 2. The summed E-state index contributed by atoms with van der Waals surface area (Å²) in [6.07, 6.45) is 4.92. The van der Waals surface area contributed by atoms with Crippen molar-refractivity contribution in [2.75, 3.05) is 0 Å². The van der Waals surface area contributed by atoms with Gasteiger partial charge in [-0.2, -0.15) is 0 Å². The van der Waals surface area contributed by atoms with E-state index >= 15 is 0 Å². The van der Waals surface area contributed by atoms with Crippen LogP contribution in [-0.4, -0.2) is 15.0 Å². The smallest absolute Gasteiger partial charge is 0.248 e. The molecule has 0 fully saturated rings. The first-order chi connectivity index (χ1) is 9.72. The summed E-state index contributed by atoms with van der Waals surface area (Å²) in [5.41, 5.74) is 3.26. The highest BCUT2D eigenvalue weighted by molar-refractivity contribution is 5.26. The molecule has 2 aromatic heterocycles. The first-order valence-electron chi connectivity index (χ1n) is 6.96. The summed E-state index contributed by atoms with van der Waals surface area (Å²) in [5, 5.41) is 3.53. The molecule has 20 heavy (non-hydrogen) atoms. The minimum absolute atomic E-state index is 0.0178. The number of pyridine rings is 1. The molecule has 0 amide bonds. The number of rotatable bonds is 3. The van der Waals surface area contributed by atoms with Crippen LogP contribution in [0.4, 0.5) is 0 Å². The molecular formula is C15H18N4O. The predicted molar refractivity (Wildman–Crippen MR) is 76.4 cm³/mol. The van der Waals surface area contributed by atoms with Crippen LogP contribution < -0.4 is 10.9 Å². The van der Waals surface area contributed by atoms with Crippen LogP contribution in [0.15, 0.2) is 29.2 Å². The lowest BCUT2D eigenvalue weighted by atomic mass is 9.91. The minimum atomic E-state index is -0.0178. The van der Waals surface area contributed by atoms with Crippen LogP contribution in [0.25, 0.3) is 0 Å². The third-order valence-corrected chi connectivity index (χ3v) is 3.70. The Morgan fingerprint density at radius 3 is 3.15 bits per heavy atom. The Balaban J connectivity index is 1.75. The third kappa shape index (κ3) is 2.77. The molecule has 2 N–H and O–H groups in total. The maximum atomic E-state index is 11.4. The van der Waals surface area contributed by atoms with E-state index in [1.165, 1.54) is 5.56 Å². The second-order valence-electron chi connectivity index (χ2n) is 5.18. The zero-order valence-electron chi connectivity index (χ0n) is 11.5. The second kappa shape index (κ2) is 5.54. The largest absolute Gasteiger partial charge is 0.326 e. The molecule has 104 valence electrons. The van der Waals surface area contributed by atoms with Gasteiger partial charge in [-0.1, -0.05) is 6.07 Å². The van der Waals surface area contributed by atoms with E-state index in [1.807, 2.05) is 19.1 Å². The van der Waals surface area contributed by atoms with E-state index in [1.54, 1.807) is 12.3 Å². The molecule has 0 aromatic carbocycles. The number of nitrogens with zero attached hydrogens (tertiary/aromatic N) is 2. The lowest BCUT2D eigenvalue weighted by Gasteiger charge is -2.25. The van der Waals surface area contributed by atoms with E-state index < -0.39 is 0 Å². The Labute approximate surface area is 117 Å². The monoisotopic (exact) mass is 270 g/mol. The fourth-order valence-corrected chi connectivity index (χ4v) is 2.74. The fourth-order valence-electron chi connectivity index (χ4n) is 2.74. The fraction of sp³-hybridized carbons (Fsp3) is 0.400. The van der Waals surface area contributed by atoms with Crippen molar-refractivity contribution in [3.63, 3.8) is 0 Å². The van der Waals surface area contributed by atoms with Gasteiger partial charge in [0.15, 0.2) is 0 Å². The number of hydrogen-bond donors (Lipinski definition) is 2. The Hall–Kier alpha value is -2.01. The summed E-state index contributed by atoms with van der Waals surface area (Å²) in [6, 6.07) is 5.76. The molecule has 1 unspecified atom stereocenters. The van der Waals surface area contributed by atoms with Gasteiger partial charge in [0.05, 0.1) is 5.69 Å². The van der Waals surface area contributed by atoms with Crippen molar-refractivity contribution in [3.05, 3.63) is 57.5 Å². The lowest BCUT2D eigenvalue weighted by molar-refractivity contribution is 0.450. The van der Waals surface area contributed by atoms with E-state index in [9.17, 15) is 4.79 Å². The van der Waals surface area contributed by atoms with Crippen LogP contribution in [0, 0.1) is 6.92 Å². The molecule has 5 nitrogen and oxygen atoms in total. The highest BCUT2D eigenvalue weighted by Crippen LogP contribution is 2.27. The summed E-state index contributed by atoms with van der Waals surface area (Å²) in [7, 11) is 0. The van der Waals surface area contributed by atoms with Gasteiger partial charge in [-0.15, -0.1) is 0 Å². The Kier molecular flexibility index (Phi) is 3.60. The van der Waals surface area contributed by atoms with Gasteiger partial charge >= 0.3 is 0 Å². The Bertz CT molecular complexity index is 665. The molecule has 0 radical (unpaired) electrons. The number of aromatic amines is 1. The summed E-state index contributed by atoms with van der Waals surface area (Å²) in [6.45, 7) is 2.61. The van der Waals surface area contributed by atoms with Crippen molar-refractivity contribution in [3.8, 4) is 0 Å². The quantitative estimate of drug-likeness (QED) is 0.889. The maximum absolute atomic E-state index is 11.4. The van der Waals surface area contributed by atoms with Crippen LogP contribution >= 0.6 is 0 Å². The van der Waals surface area contributed by atoms with Gasteiger partial charge in [0.25, 0.3) is 0 Å². The van der Waals surface area contributed by atoms with Gasteiger partial charge in [-0.25, -0.2) is 9.97 Å². The van der Waals surface area contributed by atoms with Gasteiger partial charge < -0.3 is 10.3 Å². The van der Waals surface area contributed by atoms with Crippen LogP contribution in [0.3, 0.4) is 0 Å². The van der Waals surface area contributed by atoms with Crippen LogP contribution in [0.1, 0.15) is 41.7 Å². The van der Waals surface area contributed by atoms with Gasteiger partial charge in [-0.3, -0.25) is 4.79 Å². The number of aromatic nitrogens is 3. The predicted octanol–water partition coefficient (Wildman–Crippen LogP) is 1.64. The first-order valence-corrected chi connectivity index (χ1v) is 6.96.